The molecule has 1 fully saturated rings. The van der Waals surface area contributed by atoms with E-state index in [9.17, 15) is 5.26 Å². The van der Waals surface area contributed by atoms with Gasteiger partial charge in [0.1, 0.15) is 23.9 Å². The van der Waals surface area contributed by atoms with Crippen molar-refractivity contribution in [2.45, 2.75) is 44.8 Å². The Morgan fingerprint density at radius 1 is 1.31 bits per heavy atom. The number of nitrogen functional groups attached to an aromatic ring is 1. The van der Waals surface area contributed by atoms with Crippen LogP contribution in [0.1, 0.15) is 38.6 Å². The highest BCUT2D eigenvalue weighted by atomic mass is 16.5. The topological polar surface area (TPSA) is 128 Å². The number of nitrogens with two attached hydrogens (primary N) is 1. The lowest BCUT2D eigenvalue weighted by molar-refractivity contribution is 0.0237. The molecule has 0 aromatic carbocycles. The standard InChI is InChI=1S/C22H28N8O2/c1-3-4-16(12-29(2)13-23)30-22-19(21(24)26-14-27-22)20(28-30)15-5-6-18(25-11-15)32-17-7-9-31-10-8-17/h5-6,11,14,16-17H,3-4,7-10,12H2,1-2H3,(H2,24,26,27). The number of anilines is 1. The highest BCUT2D eigenvalue weighted by molar-refractivity contribution is 5.98. The van der Waals surface area contributed by atoms with Gasteiger partial charge in [-0.25, -0.2) is 19.6 Å². The lowest BCUT2D eigenvalue weighted by Gasteiger charge is -2.22. The molecule has 3 aromatic heterocycles. The van der Waals surface area contributed by atoms with E-state index in [0.717, 1.165) is 31.2 Å². The fourth-order valence-corrected chi connectivity index (χ4v) is 3.99. The monoisotopic (exact) mass is 436 g/mol. The van der Waals surface area contributed by atoms with E-state index in [1.165, 1.54) is 6.33 Å². The zero-order valence-corrected chi connectivity index (χ0v) is 18.4. The number of ether oxygens (including phenoxy) is 2. The summed E-state index contributed by atoms with van der Waals surface area (Å²) >= 11 is 0. The van der Waals surface area contributed by atoms with Crippen molar-refractivity contribution in [3.63, 3.8) is 0 Å². The second-order valence-electron chi connectivity index (χ2n) is 7.99. The molecule has 0 amide bonds. The Kier molecular flexibility index (Phi) is 6.66. The van der Waals surface area contributed by atoms with Crippen molar-refractivity contribution in [1.82, 2.24) is 29.6 Å². The molecule has 1 unspecified atom stereocenters. The molecule has 4 heterocycles. The summed E-state index contributed by atoms with van der Waals surface area (Å²) in [5.74, 6) is 0.941. The fourth-order valence-electron chi connectivity index (χ4n) is 3.99. The van der Waals surface area contributed by atoms with E-state index >= 15 is 0 Å². The quantitative estimate of drug-likeness (QED) is 0.418. The van der Waals surface area contributed by atoms with Gasteiger partial charge >= 0.3 is 0 Å². The molecule has 32 heavy (non-hydrogen) atoms. The minimum Gasteiger partial charge on any atom is -0.474 e. The molecule has 10 nitrogen and oxygen atoms in total. The number of aromatic nitrogens is 5. The lowest BCUT2D eigenvalue weighted by atomic mass is 10.1. The number of pyridine rings is 1. The summed E-state index contributed by atoms with van der Waals surface area (Å²) in [6, 6.07) is 3.75. The van der Waals surface area contributed by atoms with Crippen LogP contribution in [0.25, 0.3) is 22.3 Å². The first kappa shape index (κ1) is 21.8. The van der Waals surface area contributed by atoms with Crippen LogP contribution in [0.15, 0.2) is 24.7 Å². The van der Waals surface area contributed by atoms with Crippen molar-refractivity contribution in [3.05, 3.63) is 24.7 Å². The van der Waals surface area contributed by atoms with Crippen molar-refractivity contribution in [3.8, 4) is 23.3 Å². The van der Waals surface area contributed by atoms with Gasteiger partial charge in [0.15, 0.2) is 11.8 Å². The molecule has 1 aliphatic heterocycles. The van der Waals surface area contributed by atoms with E-state index in [-0.39, 0.29) is 12.1 Å². The van der Waals surface area contributed by atoms with Gasteiger partial charge in [-0.3, -0.25) is 0 Å². The van der Waals surface area contributed by atoms with Crippen molar-refractivity contribution in [1.29, 1.82) is 5.26 Å². The van der Waals surface area contributed by atoms with Crippen LogP contribution in [0.5, 0.6) is 5.88 Å². The molecule has 1 saturated heterocycles. The second kappa shape index (κ2) is 9.78. The average Bonchev–Trinajstić information content (AvgIpc) is 3.21. The number of nitriles is 1. The zero-order valence-electron chi connectivity index (χ0n) is 18.4. The van der Waals surface area contributed by atoms with Crippen LogP contribution in [0.4, 0.5) is 5.82 Å². The summed E-state index contributed by atoms with van der Waals surface area (Å²) in [6.07, 6.45) is 8.99. The van der Waals surface area contributed by atoms with E-state index in [2.05, 4.69) is 28.1 Å². The first-order chi connectivity index (χ1) is 15.6. The van der Waals surface area contributed by atoms with Gasteiger partial charge in [0.25, 0.3) is 0 Å². The number of hydrogen-bond donors (Lipinski definition) is 1. The highest BCUT2D eigenvalue weighted by Gasteiger charge is 2.23. The summed E-state index contributed by atoms with van der Waals surface area (Å²) in [4.78, 5) is 14.7. The molecule has 2 N–H and O–H groups in total. The molecule has 10 heteroatoms. The SMILES string of the molecule is CCCC(CN(C)C#N)n1nc(-c2ccc(OC3CCOCC3)nc2)c2c(N)ncnc21. The van der Waals surface area contributed by atoms with Crippen LogP contribution in [0.3, 0.4) is 0 Å². The molecule has 1 atom stereocenters. The van der Waals surface area contributed by atoms with Crippen LogP contribution >= 0.6 is 0 Å². The molecule has 168 valence electrons. The second-order valence-corrected chi connectivity index (χ2v) is 7.99. The number of nitrogens with zero attached hydrogens (tertiary/aromatic N) is 7. The molecule has 0 bridgehead atoms. The first-order valence-corrected chi connectivity index (χ1v) is 10.9. The summed E-state index contributed by atoms with van der Waals surface area (Å²) in [5.41, 5.74) is 8.37. The minimum atomic E-state index is -0.0284. The van der Waals surface area contributed by atoms with Gasteiger partial charge < -0.3 is 20.1 Å². The molecule has 3 aromatic rings. The molecule has 0 saturated carbocycles. The van der Waals surface area contributed by atoms with Crippen LogP contribution in [0.2, 0.25) is 0 Å². The maximum atomic E-state index is 9.26. The number of likely N-dealkylation sites (N-methyl/N-ethyl adjacent to an activating group) is 1. The third-order valence-corrected chi connectivity index (χ3v) is 5.61. The Hall–Kier alpha value is -3.45. The maximum absolute atomic E-state index is 9.26. The maximum Gasteiger partial charge on any atom is 0.213 e. The molecule has 0 aliphatic carbocycles. The summed E-state index contributed by atoms with van der Waals surface area (Å²) < 4.78 is 13.2. The van der Waals surface area contributed by atoms with Crippen LogP contribution in [-0.2, 0) is 4.74 Å². The van der Waals surface area contributed by atoms with Gasteiger partial charge in [0.05, 0.1) is 31.2 Å². The normalized spacial score (nSPS) is 15.4. The van der Waals surface area contributed by atoms with Gasteiger partial charge in [-0.05, 0) is 12.5 Å². The van der Waals surface area contributed by atoms with Crippen molar-refractivity contribution < 1.29 is 9.47 Å². The highest BCUT2D eigenvalue weighted by Crippen LogP contribution is 2.33. The number of rotatable bonds is 8. The Morgan fingerprint density at radius 3 is 2.81 bits per heavy atom. The third-order valence-electron chi connectivity index (χ3n) is 5.61. The molecular weight excluding hydrogens is 408 g/mol. The van der Waals surface area contributed by atoms with Crippen molar-refractivity contribution in [2.24, 2.45) is 0 Å². The average molecular weight is 437 g/mol. The lowest BCUT2D eigenvalue weighted by Crippen LogP contribution is -2.26. The van der Waals surface area contributed by atoms with E-state index in [4.69, 9.17) is 20.3 Å². The number of fused-ring (bicyclic) bond motifs is 1. The van der Waals surface area contributed by atoms with E-state index in [0.29, 0.717) is 48.2 Å². The van der Waals surface area contributed by atoms with E-state index < -0.39 is 0 Å². The predicted molar refractivity (Wildman–Crippen MR) is 120 cm³/mol. The Balaban J connectivity index is 1.68. The van der Waals surface area contributed by atoms with E-state index in [1.807, 2.05) is 16.8 Å². The smallest absolute Gasteiger partial charge is 0.213 e. The molecule has 0 spiro atoms. The molecule has 0 radical (unpaired) electrons. The van der Waals surface area contributed by atoms with Gasteiger partial charge in [-0.2, -0.15) is 10.4 Å². The van der Waals surface area contributed by atoms with Gasteiger partial charge in [0.2, 0.25) is 5.88 Å². The van der Waals surface area contributed by atoms with Crippen molar-refractivity contribution >= 4 is 16.9 Å². The van der Waals surface area contributed by atoms with E-state index in [1.54, 1.807) is 18.1 Å². The Morgan fingerprint density at radius 2 is 2.12 bits per heavy atom. The fraction of sp³-hybridized carbons (Fsp3) is 0.500. The number of hydrogen-bond acceptors (Lipinski definition) is 9. The summed E-state index contributed by atoms with van der Waals surface area (Å²) in [5, 5.41) is 14.8. The molecule has 4 rings (SSSR count). The van der Waals surface area contributed by atoms with Gasteiger partial charge in [-0.15, -0.1) is 0 Å². The summed E-state index contributed by atoms with van der Waals surface area (Å²) in [6.45, 7) is 4.06. The van der Waals surface area contributed by atoms with Crippen molar-refractivity contribution in [2.75, 3.05) is 32.5 Å². The molecular formula is C22H28N8O2. The predicted octanol–water partition coefficient (Wildman–Crippen LogP) is 2.78. The first-order valence-electron chi connectivity index (χ1n) is 10.9. The van der Waals surface area contributed by atoms with Gasteiger partial charge in [-0.1, -0.05) is 13.3 Å². The summed E-state index contributed by atoms with van der Waals surface area (Å²) in [7, 11) is 1.76. The van der Waals surface area contributed by atoms with Gasteiger partial charge in [0, 0.05) is 37.7 Å². The van der Waals surface area contributed by atoms with Crippen LogP contribution < -0.4 is 10.5 Å². The third kappa shape index (κ3) is 4.57. The Labute approximate surface area is 187 Å². The van der Waals surface area contributed by atoms with Crippen LogP contribution in [0, 0.1) is 11.5 Å². The minimum absolute atomic E-state index is 0.0284. The Bertz CT molecular complexity index is 1090. The van der Waals surface area contributed by atoms with Crippen LogP contribution in [-0.4, -0.2) is 62.5 Å². The molecule has 1 aliphatic rings. The largest absolute Gasteiger partial charge is 0.474 e. The zero-order chi connectivity index (χ0) is 22.5.